The quantitative estimate of drug-likeness (QED) is 0.0262. The summed E-state index contributed by atoms with van der Waals surface area (Å²) >= 11 is 0. The van der Waals surface area contributed by atoms with Crippen LogP contribution in [0.5, 0.6) is 0 Å². The maximum Gasteiger partial charge on any atom is 0.306 e. The predicted molar refractivity (Wildman–Crippen MR) is 297 cm³/mol. The lowest BCUT2D eigenvalue weighted by Crippen LogP contribution is -2.30. The van der Waals surface area contributed by atoms with Crippen LogP contribution < -0.4 is 0 Å². The van der Waals surface area contributed by atoms with Gasteiger partial charge < -0.3 is 14.2 Å². The van der Waals surface area contributed by atoms with Gasteiger partial charge in [0.25, 0.3) is 0 Å². The number of rotatable bonds is 51. The fourth-order valence-corrected chi connectivity index (χ4v) is 7.73. The Bertz CT molecular complexity index is 1380. The van der Waals surface area contributed by atoms with Gasteiger partial charge in [-0.1, -0.05) is 221 Å². The second-order valence-corrected chi connectivity index (χ2v) is 18.8. The number of carbonyl (C=O) groups excluding carboxylic acids is 3. The molecule has 0 radical (unpaired) electrons. The van der Waals surface area contributed by atoms with E-state index in [4.69, 9.17) is 14.2 Å². The zero-order valence-corrected chi connectivity index (χ0v) is 45.0. The van der Waals surface area contributed by atoms with Crippen molar-refractivity contribution in [3.05, 3.63) is 97.2 Å². The van der Waals surface area contributed by atoms with Gasteiger partial charge in [0.15, 0.2) is 6.10 Å². The smallest absolute Gasteiger partial charge is 0.306 e. The molecule has 0 aliphatic rings. The van der Waals surface area contributed by atoms with Gasteiger partial charge in [-0.25, -0.2) is 0 Å². The molecule has 0 N–H and O–H groups in total. The van der Waals surface area contributed by atoms with Crippen molar-refractivity contribution < 1.29 is 28.6 Å². The molecule has 0 bridgehead atoms. The van der Waals surface area contributed by atoms with Crippen molar-refractivity contribution in [3.63, 3.8) is 0 Å². The molecular formula is C63H106O6. The highest BCUT2D eigenvalue weighted by atomic mass is 16.6. The van der Waals surface area contributed by atoms with Crippen molar-refractivity contribution >= 4 is 17.9 Å². The number of allylic oxidation sites excluding steroid dienone is 16. The van der Waals surface area contributed by atoms with Crippen LogP contribution in [-0.4, -0.2) is 37.2 Å². The fraction of sp³-hybridized carbons (Fsp3) is 0.698. The highest BCUT2D eigenvalue weighted by Crippen LogP contribution is 2.14. The summed E-state index contributed by atoms with van der Waals surface area (Å²) in [5.74, 6) is -0.956. The first kappa shape index (κ1) is 65.3. The topological polar surface area (TPSA) is 78.9 Å². The van der Waals surface area contributed by atoms with Gasteiger partial charge >= 0.3 is 17.9 Å². The molecule has 0 aliphatic heterocycles. The maximum absolute atomic E-state index is 12.9. The van der Waals surface area contributed by atoms with Crippen molar-refractivity contribution in [2.45, 2.75) is 271 Å². The summed E-state index contributed by atoms with van der Waals surface area (Å²) in [5.41, 5.74) is 0. The lowest BCUT2D eigenvalue weighted by Gasteiger charge is -2.18. The molecule has 0 saturated carbocycles. The van der Waals surface area contributed by atoms with E-state index in [2.05, 4.69) is 118 Å². The Labute approximate surface area is 426 Å². The molecule has 69 heavy (non-hydrogen) atoms. The van der Waals surface area contributed by atoms with Crippen molar-refractivity contribution in [3.8, 4) is 0 Å². The Morgan fingerprint density at radius 3 is 0.957 bits per heavy atom. The molecule has 394 valence electrons. The van der Waals surface area contributed by atoms with Crippen LogP contribution in [0, 0.1) is 0 Å². The third kappa shape index (κ3) is 55.1. The lowest BCUT2D eigenvalue weighted by atomic mass is 10.1. The normalized spacial score (nSPS) is 12.8. The van der Waals surface area contributed by atoms with Crippen LogP contribution in [0.3, 0.4) is 0 Å². The van der Waals surface area contributed by atoms with E-state index >= 15 is 0 Å². The third-order valence-corrected chi connectivity index (χ3v) is 12.0. The summed E-state index contributed by atoms with van der Waals surface area (Å²) in [4.78, 5) is 38.2. The van der Waals surface area contributed by atoms with E-state index in [1.165, 1.54) is 122 Å². The standard InChI is InChI=1S/C63H106O6/c1-4-7-10-13-16-19-22-25-28-30-31-33-35-38-41-44-47-50-53-56-62(65)68-59-60(58-67-61(64)55-52-49-46-43-40-37-34-27-24-21-18-15-12-9-6-3)69-63(66)57-54-51-48-45-42-39-36-32-29-26-23-20-17-14-11-8-5-2/h9,12,16,18-19,21,25-29,31,33-34,40,43,60H,4-8,10-11,13-15,17,20,22-24,30,32,35-39,41-42,44-59H2,1-3H3/b12-9-,19-16-,21-18-,28-25-,29-26-,33-31-,34-27-,43-40-/t60-/m1/s1. The summed E-state index contributed by atoms with van der Waals surface area (Å²) in [6, 6.07) is 0. The number of carbonyl (C=O) groups is 3. The summed E-state index contributed by atoms with van der Waals surface area (Å²) in [6.45, 7) is 6.45. The number of unbranched alkanes of at least 4 members (excludes halogenated alkanes) is 24. The van der Waals surface area contributed by atoms with Crippen LogP contribution in [0.1, 0.15) is 265 Å². The molecule has 6 heteroatoms. The van der Waals surface area contributed by atoms with Crippen LogP contribution in [0.25, 0.3) is 0 Å². The molecule has 0 aliphatic carbocycles. The van der Waals surface area contributed by atoms with Gasteiger partial charge in [0, 0.05) is 19.3 Å². The number of hydrogen-bond acceptors (Lipinski definition) is 6. The van der Waals surface area contributed by atoms with Crippen LogP contribution in [-0.2, 0) is 28.6 Å². The first-order chi connectivity index (χ1) is 34.0. The average molecular weight is 960 g/mol. The second-order valence-electron chi connectivity index (χ2n) is 18.8. The van der Waals surface area contributed by atoms with Gasteiger partial charge in [0.2, 0.25) is 0 Å². The monoisotopic (exact) mass is 959 g/mol. The first-order valence-electron chi connectivity index (χ1n) is 28.7. The zero-order chi connectivity index (χ0) is 50.0. The Morgan fingerprint density at radius 2 is 0.565 bits per heavy atom. The fourth-order valence-electron chi connectivity index (χ4n) is 7.73. The zero-order valence-electron chi connectivity index (χ0n) is 45.0. The molecule has 0 aromatic heterocycles. The molecule has 6 nitrogen and oxygen atoms in total. The molecule has 0 aromatic rings. The van der Waals surface area contributed by atoms with Crippen LogP contribution in [0.15, 0.2) is 97.2 Å². The highest BCUT2D eigenvalue weighted by Gasteiger charge is 2.19. The van der Waals surface area contributed by atoms with Gasteiger partial charge in [-0.3, -0.25) is 14.4 Å². The molecule has 0 rings (SSSR count). The van der Waals surface area contributed by atoms with Crippen LogP contribution >= 0.6 is 0 Å². The summed E-state index contributed by atoms with van der Waals surface area (Å²) < 4.78 is 16.8. The molecule has 0 saturated heterocycles. The highest BCUT2D eigenvalue weighted by molar-refractivity contribution is 5.71. The number of ether oxygens (including phenoxy) is 3. The van der Waals surface area contributed by atoms with Gasteiger partial charge in [0.05, 0.1) is 0 Å². The molecular weight excluding hydrogens is 853 g/mol. The molecule has 0 aromatic carbocycles. The van der Waals surface area contributed by atoms with Crippen molar-refractivity contribution in [1.29, 1.82) is 0 Å². The summed E-state index contributed by atoms with van der Waals surface area (Å²) in [5, 5.41) is 0. The second kappa shape index (κ2) is 56.9. The Hall–Kier alpha value is -3.67. The van der Waals surface area contributed by atoms with E-state index in [0.717, 1.165) is 103 Å². The Kier molecular flexibility index (Phi) is 53.9. The molecule has 1 atom stereocenters. The Morgan fingerprint density at radius 1 is 0.304 bits per heavy atom. The lowest BCUT2D eigenvalue weighted by molar-refractivity contribution is -0.167. The minimum atomic E-state index is -0.804. The molecule has 0 amide bonds. The molecule has 0 spiro atoms. The van der Waals surface area contributed by atoms with Crippen molar-refractivity contribution in [2.24, 2.45) is 0 Å². The van der Waals surface area contributed by atoms with E-state index in [9.17, 15) is 14.4 Å². The van der Waals surface area contributed by atoms with E-state index < -0.39 is 6.10 Å². The van der Waals surface area contributed by atoms with Crippen molar-refractivity contribution in [1.82, 2.24) is 0 Å². The van der Waals surface area contributed by atoms with Crippen molar-refractivity contribution in [2.75, 3.05) is 13.2 Å². The maximum atomic E-state index is 12.9. The predicted octanol–water partition coefficient (Wildman–Crippen LogP) is 19.3. The largest absolute Gasteiger partial charge is 0.462 e. The Balaban J connectivity index is 4.47. The van der Waals surface area contributed by atoms with Gasteiger partial charge in [-0.2, -0.15) is 0 Å². The first-order valence-corrected chi connectivity index (χ1v) is 28.7. The molecule has 0 unspecified atom stereocenters. The summed E-state index contributed by atoms with van der Waals surface area (Å²) in [7, 11) is 0. The molecule has 0 heterocycles. The van der Waals surface area contributed by atoms with Crippen LogP contribution in [0.4, 0.5) is 0 Å². The van der Waals surface area contributed by atoms with E-state index in [0.29, 0.717) is 19.3 Å². The van der Waals surface area contributed by atoms with E-state index in [1.807, 2.05) is 0 Å². The molecule has 0 fully saturated rings. The van der Waals surface area contributed by atoms with E-state index in [1.54, 1.807) is 0 Å². The third-order valence-electron chi connectivity index (χ3n) is 12.0. The average Bonchev–Trinajstić information content (AvgIpc) is 3.35. The minimum absolute atomic E-state index is 0.0998. The van der Waals surface area contributed by atoms with Gasteiger partial charge in [-0.15, -0.1) is 0 Å². The van der Waals surface area contributed by atoms with Gasteiger partial charge in [-0.05, 0) is 122 Å². The minimum Gasteiger partial charge on any atom is -0.462 e. The number of esters is 3. The van der Waals surface area contributed by atoms with E-state index in [-0.39, 0.29) is 31.1 Å². The summed E-state index contributed by atoms with van der Waals surface area (Å²) in [6.07, 6.45) is 75.4. The van der Waals surface area contributed by atoms with Gasteiger partial charge in [0.1, 0.15) is 13.2 Å². The number of hydrogen-bond donors (Lipinski definition) is 0. The van der Waals surface area contributed by atoms with Crippen LogP contribution in [0.2, 0.25) is 0 Å². The SMILES string of the molecule is CC/C=C\C/C=C\C/C=C\C/C=C\CCCCC(=O)OC[C@H](COC(=O)CCCCCCCC/C=C\C/C=C\C/C=C\CCCCC)OC(=O)CCCCCCCCC/C=C\CCCCCCCC.